The standard InChI is InChI=1S/C10H7Br2ClO2/c1-5(14)4-8(15)6-2-3-7(11)10(13)9(6)12/h2-3H,4H2,1H3. The monoisotopic (exact) mass is 352 g/mol. The van der Waals surface area contributed by atoms with Crippen LogP contribution < -0.4 is 0 Å². The number of carbonyl (C=O) groups excluding carboxylic acids is 2. The van der Waals surface area contributed by atoms with Crippen LogP contribution in [-0.4, -0.2) is 11.6 Å². The third-order valence-corrected chi connectivity index (χ3v) is 4.08. The van der Waals surface area contributed by atoms with Crippen molar-refractivity contribution in [3.8, 4) is 0 Å². The van der Waals surface area contributed by atoms with Gasteiger partial charge in [0.2, 0.25) is 0 Å². The fourth-order valence-corrected chi connectivity index (χ4v) is 2.39. The van der Waals surface area contributed by atoms with Crippen LogP contribution >= 0.6 is 43.5 Å². The highest BCUT2D eigenvalue weighted by molar-refractivity contribution is 9.11. The van der Waals surface area contributed by atoms with E-state index in [1.54, 1.807) is 12.1 Å². The zero-order valence-electron chi connectivity index (χ0n) is 7.81. The molecule has 0 aliphatic carbocycles. The van der Waals surface area contributed by atoms with Crippen molar-refractivity contribution in [3.63, 3.8) is 0 Å². The van der Waals surface area contributed by atoms with Crippen LogP contribution in [0.1, 0.15) is 23.7 Å². The van der Waals surface area contributed by atoms with E-state index in [1.165, 1.54) is 6.92 Å². The van der Waals surface area contributed by atoms with Crippen molar-refractivity contribution in [1.82, 2.24) is 0 Å². The number of benzene rings is 1. The molecule has 5 heteroatoms. The third-order valence-electron chi connectivity index (χ3n) is 1.75. The summed E-state index contributed by atoms with van der Waals surface area (Å²) in [6.45, 7) is 1.38. The number of ketones is 2. The average Bonchev–Trinajstić information content (AvgIpc) is 2.13. The Kier molecular flexibility index (Phi) is 4.49. The molecule has 0 aliphatic rings. The molecule has 0 atom stereocenters. The lowest BCUT2D eigenvalue weighted by Gasteiger charge is -2.05. The highest BCUT2D eigenvalue weighted by atomic mass is 79.9. The van der Waals surface area contributed by atoms with Crippen molar-refractivity contribution in [2.45, 2.75) is 13.3 Å². The Morgan fingerprint density at radius 3 is 2.47 bits per heavy atom. The smallest absolute Gasteiger partial charge is 0.171 e. The molecule has 1 aromatic rings. The summed E-state index contributed by atoms with van der Waals surface area (Å²) in [6, 6.07) is 3.31. The van der Waals surface area contributed by atoms with Crippen LogP contribution in [0.2, 0.25) is 5.02 Å². The van der Waals surface area contributed by atoms with Crippen molar-refractivity contribution < 1.29 is 9.59 Å². The van der Waals surface area contributed by atoms with E-state index < -0.39 is 0 Å². The molecule has 0 aromatic heterocycles. The fraction of sp³-hybridized carbons (Fsp3) is 0.200. The summed E-state index contributed by atoms with van der Waals surface area (Å²) < 4.78 is 1.22. The van der Waals surface area contributed by atoms with E-state index >= 15 is 0 Å². The minimum Gasteiger partial charge on any atom is -0.300 e. The largest absolute Gasteiger partial charge is 0.300 e. The molecule has 0 unspecified atom stereocenters. The van der Waals surface area contributed by atoms with E-state index in [2.05, 4.69) is 31.9 Å². The number of rotatable bonds is 3. The number of hydrogen-bond acceptors (Lipinski definition) is 2. The minimum absolute atomic E-state index is 0.101. The molecule has 0 bridgehead atoms. The van der Waals surface area contributed by atoms with Gasteiger partial charge in [-0.1, -0.05) is 11.6 Å². The molecule has 15 heavy (non-hydrogen) atoms. The normalized spacial score (nSPS) is 10.1. The van der Waals surface area contributed by atoms with Gasteiger partial charge in [0.25, 0.3) is 0 Å². The zero-order chi connectivity index (χ0) is 11.6. The molecule has 0 heterocycles. The molecule has 1 aromatic carbocycles. The van der Waals surface area contributed by atoms with Gasteiger partial charge in [-0.05, 0) is 50.9 Å². The fourth-order valence-electron chi connectivity index (χ4n) is 1.06. The molecule has 80 valence electrons. The van der Waals surface area contributed by atoms with Crippen LogP contribution in [0, 0.1) is 0 Å². The Morgan fingerprint density at radius 1 is 1.33 bits per heavy atom. The average molecular weight is 354 g/mol. The van der Waals surface area contributed by atoms with Gasteiger partial charge in [0, 0.05) is 14.5 Å². The summed E-state index contributed by atoms with van der Waals surface area (Å²) in [6.07, 6.45) is -0.101. The first kappa shape index (κ1) is 12.9. The van der Waals surface area contributed by atoms with E-state index in [9.17, 15) is 9.59 Å². The summed E-state index contributed by atoms with van der Waals surface area (Å²) in [4.78, 5) is 22.4. The Bertz CT molecular complexity index is 430. The van der Waals surface area contributed by atoms with E-state index in [0.717, 1.165) is 0 Å². The predicted molar refractivity (Wildman–Crippen MR) is 66.5 cm³/mol. The van der Waals surface area contributed by atoms with E-state index in [0.29, 0.717) is 19.5 Å². The lowest BCUT2D eigenvalue weighted by Crippen LogP contribution is -2.05. The van der Waals surface area contributed by atoms with Crippen molar-refractivity contribution in [3.05, 3.63) is 31.7 Å². The second kappa shape index (κ2) is 5.23. The first-order valence-corrected chi connectivity index (χ1v) is 6.06. The van der Waals surface area contributed by atoms with Crippen molar-refractivity contribution in [1.29, 1.82) is 0 Å². The Labute approximate surface area is 109 Å². The summed E-state index contributed by atoms with van der Waals surface area (Å²) in [5, 5.41) is 0.435. The van der Waals surface area contributed by atoms with E-state index in [-0.39, 0.29) is 18.0 Å². The molecule has 0 N–H and O–H groups in total. The molecule has 0 spiro atoms. The van der Waals surface area contributed by atoms with E-state index in [1.807, 2.05) is 0 Å². The molecule has 0 radical (unpaired) electrons. The molecule has 0 fully saturated rings. The van der Waals surface area contributed by atoms with Crippen LogP contribution in [0.15, 0.2) is 21.1 Å². The van der Waals surface area contributed by atoms with Gasteiger partial charge < -0.3 is 0 Å². The van der Waals surface area contributed by atoms with Crippen molar-refractivity contribution in [2.75, 3.05) is 0 Å². The summed E-state index contributed by atoms with van der Waals surface area (Å²) in [5.74, 6) is -0.394. The molecule has 0 aliphatic heterocycles. The number of carbonyl (C=O) groups is 2. The van der Waals surface area contributed by atoms with Crippen LogP contribution in [0.5, 0.6) is 0 Å². The second-order valence-electron chi connectivity index (χ2n) is 3.02. The van der Waals surface area contributed by atoms with Gasteiger partial charge in [-0.3, -0.25) is 9.59 Å². The summed E-state index contributed by atoms with van der Waals surface area (Å²) in [5.41, 5.74) is 0.429. The first-order chi connectivity index (χ1) is 6.93. The first-order valence-electron chi connectivity index (χ1n) is 4.09. The number of hydrogen-bond donors (Lipinski definition) is 0. The zero-order valence-corrected chi connectivity index (χ0v) is 11.7. The lowest BCUT2D eigenvalue weighted by molar-refractivity contribution is -0.116. The molecule has 0 amide bonds. The van der Waals surface area contributed by atoms with Gasteiger partial charge in [0.1, 0.15) is 5.78 Å². The number of halogens is 3. The summed E-state index contributed by atoms with van der Waals surface area (Å²) >= 11 is 12.4. The topological polar surface area (TPSA) is 34.1 Å². The molecule has 1 rings (SSSR count). The highest BCUT2D eigenvalue weighted by Gasteiger charge is 2.15. The van der Waals surface area contributed by atoms with Crippen molar-refractivity contribution >= 4 is 55.0 Å². The molecule has 0 saturated carbocycles. The van der Waals surface area contributed by atoms with Gasteiger partial charge in [0.15, 0.2) is 5.78 Å². The molecular formula is C10H7Br2ClO2. The van der Waals surface area contributed by atoms with Crippen LogP contribution in [0.25, 0.3) is 0 Å². The van der Waals surface area contributed by atoms with Gasteiger partial charge in [0.05, 0.1) is 11.4 Å². The maximum absolute atomic E-state index is 11.6. The van der Waals surface area contributed by atoms with Crippen LogP contribution in [0.4, 0.5) is 0 Å². The quantitative estimate of drug-likeness (QED) is 0.467. The van der Waals surface area contributed by atoms with Crippen LogP contribution in [-0.2, 0) is 4.79 Å². The second-order valence-corrected chi connectivity index (χ2v) is 5.05. The maximum Gasteiger partial charge on any atom is 0.171 e. The van der Waals surface area contributed by atoms with Gasteiger partial charge >= 0.3 is 0 Å². The SMILES string of the molecule is CC(=O)CC(=O)c1ccc(Br)c(Cl)c1Br. The highest BCUT2D eigenvalue weighted by Crippen LogP contribution is 2.33. The Hall–Kier alpha value is -0.190. The lowest BCUT2D eigenvalue weighted by atomic mass is 10.1. The van der Waals surface area contributed by atoms with Crippen LogP contribution in [0.3, 0.4) is 0 Å². The van der Waals surface area contributed by atoms with Gasteiger partial charge in [-0.2, -0.15) is 0 Å². The van der Waals surface area contributed by atoms with Crippen molar-refractivity contribution in [2.24, 2.45) is 0 Å². The molecule has 0 saturated heterocycles. The summed E-state index contributed by atoms with van der Waals surface area (Å²) in [7, 11) is 0. The number of Topliss-reactive ketones (excluding diaryl/α,β-unsaturated/α-hetero) is 2. The Morgan fingerprint density at radius 2 is 1.93 bits per heavy atom. The minimum atomic E-state index is -0.233. The predicted octanol–water partition coefficient (Wildman–Crippen LogP) is 4.03. The third kappa shape index (κ3) is 3.13. The van der Waals surface area contributed by atoms with Gasteiger partial charge in [-0.15, -0.1) is 0 Å². The Balaban J connectivity index is 3.11. The van der Waals surface area contributed by atoms with E-state index in [4.69, 9.17) is 11.6 Å². The van der Waals surface area contributed by atoms with Gasteiger partial charge in [-0.25, -0.2) is 0 Å². The maximum atomic E-state index is 11.6. The molecular weight excluding hydrogens is 347 g/mol. The molecule has 2 nitrogen and oxygen atoms in total.